The third kappa shape index (κ3) is 3.35. The van der Waals surface area contributed by atoms with Crippen molar-refractivity contribution in [1.29, 1.82) is 5.26 Å². The molecule has 2 heterocycles. The van der Waals surface area contributed by atoms with E-state index in [1.165, 1.54) is 59.2 Å². The number of rotatable bonds is 2. The summed E-state index contributed by atoms with van der Waals surface area (Å²) in [6, 6.07) is 40.0. The number of allylic oxidation sites excluding steroid dienone is 1. The van der Waals surface area contributed by atoms with Gasteiger partial charge in [-0.2, -0.15) is 5.26 Å². The summed E-state index contributed by atoms with van der Waals surface area (Å²) in [6.45, 7) is 4.67. The maximum Gasteiger partial charge on any atom is 0.0992 e. The number of fused-ring (bicyclic) bond motifs is 9. The first-order valence-corrected chi connectivity index (χ1v) is 15.6. The normalized spacial score (nSPS) is 14.4. The highest BCUT2D eigenvalue weighted by Crippen LogP contribution is 2.51. The molecule has 2 aromatic heterocycles. The average Bonchev–Trinajstić information content (AvgIpc) is 3.65. The lowest BCUT2D eigenvalue weighted by atomic mass is 9.82. The largest absolute Gasteiger partial charge is 0.312 e. The van der Waals surface area contributed by atoms with Gasteiger partial charge in [-0.25, -0.2) is 0 Å². The third-order valence-electron chi connectivity index (χ3n) is 9.52. The van der Waals surface area contributed by atoms with E-state index in [9.17, 15) is 5.26 Å². The second kappa shape index (κ2) is 8.71. The maximum absolute atomic E-state index is 9.88. The number of nitrogens with zero attached hydrogens (tertiary/aromatic N) is 2. The highest BCUT2D eigenvalue weighted by atomic mass is 32.1. The van der Waals surface area contributed by atoms with Crippen LogP contribution in [0.5, 0.6) is 0 Å². The van der Waals surface area contributed by atoms with Crippen LogP contribution in [-0.2, 0) is 11.8 Å². The quantitative estimate of drug-likeness (QED) is 0.205. The zero-order valence-electron chi connectivity index (χ0n) is 24.0. The van der Waals surface area contributed by atoms with Crippen LogP contribution in [0.4, 0.5) is 0 Å². The Balaban J connectivity index is 1.26. The Kier molecular flexibility index (Phi) is 4.97. The predicted octanol–water partition coefficient (Wildman–Crippen LogP) is 10.4. The van der Waals surface area contributed by atoms with E-state index >= 15 is 0 Å². The van der Waals surface area contributed by atoms with Crippen molar-refractivity contribution in [3.63, 3.8) is 0 Å². The molecule has 43 heavy (non-hydrogen) atoms. The van der Waals surface area contributed by atoms with E-state index in [4.69, 9.17) is 0 Å². The molecule has 7 aromatic rings. The summed E-state index contributed by atoms with van der Waals surface area (Å²) in [6.07, 6.45) is 6.49. The van der Waals surface area contributed by atoms with Crippen molar-refractivity contribution in [2.45, 2.75) is 32.1 Å². The van der Waals surface area contributed by atoms with Gasteiger partial charge in [0, 0.05) is 48.0 Å². The molecule has 0 aliphatic heterocycles. The van der Waals surface area contributed by atoms with E-state index < -0.39 is 0 Å². The second-order valence-corrected chi connectivity index (χ2v) is 13.3. The second-order valence-electron chi connectivity index (χ2n) is 12.2. The summed E-state index contributed by atoms with van der Waals surface area (Å²) in [7, 11) is 0. The molecule has 0 amide bonds. The summed E-state index contributed by atoms with van der Waals surface area (Å²) in [5.74, 6) is 0. The number of para-hydroxylation sites is 1. The fraction of sp³-hybridized carbons (Fsp3) is 0.125. The van der Waals surface area contributed by atoms with E-state index in [2.05, 4.69) is 122 Å². The fourth-order valence-corrected chi connectivity index (χ4v) is 8.57. The van der Waals surface area contributed by atoms with Crippen LogP contribution in [0.3, 0.4) is 0 Å². The Morgan fingerprint density at radius 3 is 2.58 bits per heavy atom. The first-order valence-electron chi connectivity index (χ1n) is 14.8. The zero-order chi connectivity index (χ0) is 28.9. The van der Waals surface area contributed by atoms with Gasteiger partial charge in [-0.1, -0.05) is 86.7 Å². The Hall–Kier alpha value is -5.09. The first kappa shape index (κ1) is 24.5. The summed E-state index contributed by atoms with van der Waals surface area (Å²) in [4.78, 5) is 0. The monoisotopic (exact) mass is 566 g/mol. The molecule has 5 aromatic carbocycles. The molecular formula is C40H26N2S. The fourth-order valence-electron chi connectivity index (χ4n) is 7.44. The van der Waals surface area contributed by atoms with Crippen LogP contribution in [0.1, 0.15) is 48.2 Å². The van der Waals surface area contributed by atoms with Gasteiger partial charge in [-0.05, 0) is 71.5 Å². The maximum atomic E-state index is 9.88. The third-order valence-corrected chi connectivity index (χ3v) is 10.6. The molecule has 0 radical (unpaired) electrons. The van der Waals surface area contributed by atoms with Crippen molar-refractivity contribution in [3.05, 3.63) is 131 Å². The molecule has 0 saturated heterocycles. The van der Waals surface area contributed by atoms with Gasteiger partial charge in [-0.3, -0.25) is 0 Å². The van der Waals surface area contributed by atoms with Gasteiger partial charge in [-0.15, -0.1) is 11.3 Å². The Bertz CT molecular complexity index is 2390. The molecule has 9 rings (SSSR count). The molecule has 0 atom stereocenters. The molecular weight excluding hydrogens is 541 g/mol. The standard InChI is InChI=1S/C40H26N2S/c1-40(2)33-12-6-3-9-27(33)31-21-32-30-18-16-25(20-38(30)43-39(32)22-34(31)40)26-17-15-24(23-41)19-37(26)42-35-13-7-4-10-28(35)29-11-5-8-14-36(29)42/h3-7,9-13,15,17,19-22H,8,14H2,1-2H3. The van der Waals surface area contributed by atoms with Crippen LogP contribution in [0, 0.1) is 23.5 Å². The molecule has 0 fully saturated rings. The molecule has 0 spiro atoms. The Morgan fingerprint density at radius 1 is 0.814 bits per heavy atom. The van der Waals surface area contributed by atoms with Gasteiger partial charge < -0.3 is 4.57 Å². The molecule has 0 saturated carbocycles. The smallest absolute Gasteiger partial charge is 0.0992 e. The molecule has 0 N–H and O–H groups in total. The number of benzene rings is 4. The van der Waals surface area contributed by atoms with Gasteiger partial charge in [0.2, 0.25) is 0 Å². The number of hydrogen-bond donors (Lipinski definition) is 0. The minimum absolute atomic E-state index is 0.0253. The van der Waals surface area contributed by atoms with Crippen molar-refractivity contribution in [2.24, 2.45) is 0 Å². The van der Waals surface area contributed by atoms with Crippen LogP contribution in [0.15, 0.2) is 91.0 Å². The van der Waals surface area contributed by atoms with Crippen molar-refractivity contribution < 1.29 is 0 Å². The summed E-state index contributed by atoms with van der Waals surface area (Å²) < 4.78 is 4.86. The lowest BCUT2D eigenvalue weighted by Crippen LogP contribution is -2.14. The first-order chi connectivity index (χ1) is 21.0. The predicted molar refractivity (Wildman–Crippen MR) is 179 cm³/mol. The average molecular weight is 567 g/mol. The van der Waals surface area contributed by atoms with Crippen LogP contribution in [0.25, 0.3) is 65.1 Å². The SMILES string of the molecule is CC1(C)c2ccccc2-c2cc3c(cc21)sc1cc(-c2ccc(C#N)cc2-n2c4c(c5ccccc52)C=CCC4)c#cc13. The van der Waals surface area contributed by atoms with Crippen LogP contribution < -0.4 is 0 Å². The van der Waals surface area contributed by atoms with E-state index in [1.54, 1.807) is 0 Å². The number of nitriles is 1. The van der Waals surface area contributed by atoms with E-state index in [0.717, 1.165) is 35.0 Å². The molecule has 0 bridgehead atoms. The lowest BCUT2D eigenvalue weighted by molar-refractivity contribution is 0.661. The van der Waals surface area contributed by atoms with E-state index in [1.807, 2.05) is 23.5 Å². The lowest BCUT2D eigenvalue weighted by Gasteiger charge is -2.21. The minimum Gasteiger partial charge on any atom is -0.312 e. The van der Waals surface area contributed by atoms with Crippen molar-refractivity contribution in [2.75, 3.05) is 0 Å². The highest BCUT2D eigenvalue weighted by molar-refractivity contribution is 7.25. The summed E-state index contributed by atoms with van der Waals surface area (Å²) >= 11 is 1.83. The highest BCUT2D eigenvalue weighted by Gasteiger charge is 2.35. The number of hydrogen-bond acceptors (Lipinski definition) is 2. The molecule has 0 unspecified atom stereocenters. The summed E-state index contributed by atoms with van der Waals surface area (Å²) in [5, 5.41) is 13.5. The molecule has 2 aliphatic rings. The molecule has 3 heteroatoms. The molecule has 202 valence electrons. The van der Waals surface area contributed by atoms with E-state index in [0.29, 0.717) is 5.56 Å². The van der Waals surface area contributed by atoms with Gasteiger partial charge >= 0.3 is 0 Å². The zero-order valence-corrected chi connectivity index (χ0v) is 24.8. The topological polar surface area (TPSA) is 28.7 Å². The number of thiophene rings is 1. The van der Waals surface area contributed by atoms with E-state index in [-0.39, 0.29) is 5.41 Å². The van der Waals surface area contributed by atoms with Crippen molar-refractivity contribution >= 4 is 48.5 Å². The van der Waals surface area contributed by atoms with Gasteiger partial charge in [0.05, 0.1) is 28.2 Å². The van der Waals surface area contributed by atoms with Gasteiger partial charge in [0.1, 0.15) is 0 Å². The Morgan fingerprint density at radius 2 is 1.67 bits per heavy atom. The van der Waals surface area contributed by atoms with Crippen molar-refractivity contribution in [1.82, 2.24) is 4.57 Å². The minimum atomic E-state index is -0.0253. The number of aromatic nitrogens is 1. The molecule has 2 aliphatic carbocycles. The van der Waals surface area contributed by atoms with Crippen molar-refractivity contribution in [3.8, 4) is 34.0 Å². The van der Waals surface area contributed by atoms with Gasteiger partial charge in [0.15, 0.2) is 0 Å². The van der Waals surface area contributed by atoms with Crippen LogP contribution in [-0.4, -0.2) is 4.57 Å². The van der Waals surface area contributed by atoms with Gasteiger partial charge in [0.25, 0.3) is 0 Å². The molecule has 2 nitrogen and oxygen atoms in total. The summed E-state index contributed by atoms with van der Waals surface area (Å²) in [5.41, 5.74) is 12.9. The van der Waals surface area contributed by atoms with Crippen LogP contribution in [0.2, 0.25) is 0 Å². The van der Waals surface area contributed by atoms with Crippen LogP contribution >= 0.6 is 11.3 Å². The Labute approximate surface area is 254 Å².